The second-order valence-corrected chi connectivity index (χ2v) is 16.8. The molecule has 0 aliphatic heterocycles. The van der Waals surface area contributed by atoms with Gasteiger partial charge in [-0.3, -0.25) is 0 Å². The number of benzene rings is 10. The average molecular weight is 795 g/mol. The van der Waals surface area contributed by atoms with Gasteiger partial charge in [-0.25, -0.2) is 0 Å². The van der Waals surface area contributed by atoms with Gasteiger partial charge in [-0.05, 0) is 124 Å². The number of aromatic nitrogens is 1. The summed E-state index contributed by atoms with van der Waals surface area (Å²) in [6, 6.07) is 84.0. The molecule has 0 unspecified atom stereocenters. The van der Waals surface area contributed by atoms with Crippen LogP contribution in [0.3, 0.4) is 0 Å². The first-order valence-electron chi connectivity index (χ1n) is 20.8. The molecule has 10 aromatic carbocycles. The van der Waals surface area contributed by atoms with Gasteiger partial charge in [-0.2, -0.15) is 0 Å². The van der Waals surface area contributed by atoms with Crippen molar-refractivity contribution < 1.29 is 0 Å². The third-order valence-corrected chi connectivity index (χ3v) is 13.4. The maximum absolute atomic E-state index is 2.42. The number of fused-ring (bicyclic) bond motifs is 8. The summed E-state index contributed by atoms with van der Waals surface area (Å²) in [6.45, 7) is 0. The van der Waals surface area contributed by atoms with Crippen LogP contribution in [-0.2, 0) is 0 Å². The van der Waals surface area contributed by atoms with Crippen LogP contribution in [0.5, 0.6) is 0 Å². The Morgan fingerprint density at radius 2 is 0.902 bits per heavy atom. The minimum absolute atomic E-state index is 1.11. The maximum Gasteiger partial charge on any atom is 0.0547 e. The molecule has 0 radical (unpaired) electrons. The van der Waals surface area contributed by atoms with Gasteiger partial charge < -0.3 is 9.47 Å². The van der Waals surface area contributed by atoms with E-state index in [4.69, 9.17) is 0 Å². The molecule has 0 saturated heterocycles. The normalized spacial score (nSPS) is 11.6. The van der Waals surface area contributed by atoms with Crippen LogP contribution in [0, 0.1) is 0 Å². The lowest BCUT2D eigenvalue weighted by molar-refractivity contribution is 1.18. The fourth-order valence-electron chi connectivity index (χ4n) is 9.22. The van der Waals surface area contributed by atoms with Crippen LogP contribution in [-0.4, -0.2) is 4.57 Å². The summed E-state index contributed by atoms with van der Waals surface area (Å²) in [5.74, 6) is 0. The van der Waals surface area contributed by atoms with Gasteiger partial charge in [0.05, 0.1) is 11.0 Å². The molecule has 0 aliphatic rings. The van der Waals surface area contributed by atoms with E-state index in [1.54, 1.807) is 0 Å². The number of para-hydroxylation sites is 3. The standard InChI is InChI=1S/C58H38N2S/c1-4-14-39(15-5-1)40-26-30-48(31-27-40)59(46-19-6-2-7-20-46)49-23-13-18-43(35-49)41-16-12-17-42(34-41)44-29-33-57-54(36-44)51-32-28-45-37-53-50-24-10-11-25-55(50)60(47-21-8-3-9-22-47)56(53)38-52(45)58(51)61-57/h1-38H. The van der Waals surface area contributed by atoms with Gasteiger partial charge in [-0.15, -0.1) is 11.3 Å². The summed E-state index contributed by atoms with van der Waals surface area (Å²) in [4.78, 5) is 2.34. The van der Waals surface area contributed by atoms with E-state index in [1.807, 2.05) is 11.3 Å². The SMILES string of the molecule is c1ccc(-c2ccc(N(c3ccccc3)c3cccc(-c4cccc(-c5ccc6sc7c8cc9c(cc8ccc7c6c5)c5ccccc5n9-c5ccccc5)c4)c3)cc2)cc1. The summed E-state index contributed by atoms with van der Waals surface area (Å²) >= 11 is 1.90. The molecule has 0 fully saturated rings. The minimum Gasteiger partial charge on any atom is -0.310 e. The number of nitrogens with zero attached hydrogens (tertiary/aromatic N) is 2. The number of rotatable bonds is 7. The molecule has 2 nitrogen and oxygen atoms in total. The molecule has 0 atom stereocenters. The second-order valence-electron chi connectivity index (χ2n) is 15.7. The number of hydrogen-bond donors (Lipinski definition) is 0. The van der Waals surface area contributed by atoms with Crippen molar-refractivity contribution in [3.05, 3.63) is 231 Å². The third kappa shape index (κ3) is 6.09. The molecular weight excluding hydrogens is 757 g/mol. The lowest BCUT2D eigenvalue weighted by Gasteiger charge is -2.26. The van der Waals surface area contributed by atoms with Gasteiger partial charge in [0.15, 0.2) is 0 Å². The highest BCUT2D eigenvalue weighted by atomic mass is 32.1. The van der Waals surface area contributed by atoms with Crippen LogP contribution in [0.2, 0.25) is 0 Å². The monoisotopic (exact) mass is 794 g/mol. The summed E-state index contributed by atoms with van der Waals surface area (Å²) < 4.78 is 5.05. The van der Waals surface area contributed by atoms with Crippen molar-refractivity contribution in [1.29, 1.82) is 0 Å². The highest BCUT2D eigenvalue weighted by molar-refractivity contribution is 7.26. The van der Waals surface area contributed by atoms with Gasteiger partial charge in [0.2, 0.25) is 0 Å². The van der Waals surface area contributed by atoms with Crippen molar-refractivity contribution in [1.82, 2.24) is 4.57 Å². The molecule has 12 aromatic rings. The number of thiophene rings is 1. The zero-order valence-electron chi connectivity index (χ0n) is 33.2. The molecule has 0 amide bonds. The fraction of sp³-hybridized carbons (Fsp3) is 0. The molecule has 0 bridgehead atoms. The third-order valence-electron chi connectivity index (χ3n) is 12.1. The van der Waals surface area contributed by atoms with Crippen molar-refractivity contribution in [2.45, 2.75) is 0 Å². The van der Waals surface area contributed by atoms with Crippen LogP contribution >= 0.6 is 11.3 Å². The first-order chi connectivity index (χ1) is 30.2. The van der Waals surface area contributed by atoms with E-state index in [-0.39, 0.29) is 0 Å². The van der Waals surface area contributed by atoms with Crippen molar-refractivity contribution in [3.63, 3.8) is 0 Å². The van der Waals surface area contributed by atoms with E-state index < -0.39 is 0 Å². The smallest absolute Gasteiger partial charge is 0.0547 e. The van der Waals surface area contributed by atoms with Gasteiger partial charge in [0, 0.05) is 59.1 Å². The molecule has 61 heavy (non-hydrogen) atoms. The van der Waals surface area contributed by atoms with Crippen LogP contribution in [0.25, 0.3) is 91.8 Å². The molecule has 286 valence electrons. The van der Waals surface area contributed by atoms with E-state index in [1.165, 1.54) is 91.8 Å². The average Bonchev–Trinajstić information content (AvgIpc) is 3.87. The molecule has 2 aromatic heterocycles. The Hall–Kier alpha value is -7.72. The zero-order valence-corrected chi connectivity index (χ0v) is 34.1. The van der Waals surface area contributed by atoms with Crippen LogP contribution < -0.4 is 4.90 Å². The predicted molar refractivity (Wildman–Crippen MR) is 262 cm³/mol. The minimum atomic E-state index is 1.11. The zero-order chi connectivity index (χ0) is 40.3. The Bertz CT molecular complexity index is 3570. The van der Waals surface area contributed by atoms with Crippen LogP contribution in [0.4, 0.5) is 17.1 Å². The Morgan fingerprint density at radius 1 is 0.311 bits per heavy atom. The first-order valence-corrected chi connectivity index (χ1v) is 21.6. The predicted octanol–water partition coefficient (Wildman–Crippen LogP) is 16.8. The van der Waals surface area contributed by atoms with Crippen molar-refractivity contribution in [3.8, 4) is 39.1 Å². The van der Waals surface area contributed by atoms with Crippen LogP contribution in [0.15, 0.2) is 231 Å². The number of hydrogen-bond acceptors (Lipinski definition) is 2. The molecule has 0 N–H and O–H groups in total. The summed E-state index contributed by atoms with van der Waals surface area (Å²) in [6.07, 6.45) is 0. The lowest BCUT2D eigenvalue weighted by Crippen LogP contribution is -2.09. The van der Waals surface area contributed by atoms with Crippen molar-refractivity contribution >= 4 is 81.1 Å². The summed E-state index contributed by atoms with van der Waals surface area (Å²) in [7, 11) is 0. The molecule has 0 spiro atoms. The van der Waals surface area contributed by atoms with Gasteiger partial charge >= 0.3 is 0 Å². The largest absolute Gasteiger partial charge is 0.310 e. The van der Waals surface area contributed by atoms with E-state index in [2.05, 4.69) is 240 Å². The molecular formula is C58H38N2S. The molecule has 0 aliphatic carbocycles. The van der Waals surface area contributed by atoms with Crippen molar-refractivity contribution in [2.75, 3.05) is 4.90 Å². The fourth-order valence-corrected chi connectivity index (χ4v) is 10.4. The highest BCUT2D eigenvalue weighted by Crippen LogP contribution is 2.44. The molecule has 3 heteroatoms. The topological polar surface area (TPSA) is 8.17 Å². The molecule has 12 rings (SSSR count). The Balaban J connectivity index is 0.926. The van der Waals surface area contributed by atoms with E-state index in [0.717, 1.165) is 17.1 Å². The Morgan fingerprint density at radius 3 is 1.69 bits per heavy atom. The quantitative estimate of drug-likeness (QED) is 0.156. The van der Waals surface area contributed by atoms with E-state index in [9.17, 15) is 0 Å². The first kappa shape index (κ1) is 35.2. The van der Waals surface area contributed by atoms with Crippen molar-refractivity contribution in [2.24, 2.45) is 0 Å². The summed E-state index contributed by atoms with van der Waals surface area (Å²) in [5, 5.41) is 7.73. The van der Waals surface area contributed by atoms with Gasteiger partial charge in [0.25, 0.3) is 0 Å². The van der Waals surface area contributed by atoms with Gasteiger partial charge in [0.1, 0.15) is 0 Å². The molecule has 2 heterocycles. The Labute approximate surface area is 358 Å². The Kier molecular flexibility index (Phi) is 8.39. The lowest BCUT2D eigenvalue weighted by atomic mass is 9.97. The van der Waals surface area contributed by atoms with E-state index >= 15 is 0 Å². The second kappa shape index (κ2) is 14.5. The number of anilines is 3. The van der Waals surface area contributed by atoms with E-state index in [0.29, 0.717) is 0 Å². The maximum atomic E-state index is 2.42. The summed E-state index contributed by atoms with van der Waals surface area (Å²) in [5.41, 5.74) is 14.2. The van der Waals surface area contributed by atoms with Gasteiger partial charge in [-0.1, -0.05) is 146 Å². The molecule has 0 saturated carbocycles. The highest BCUT2D eigenvalue weighted by Gasteiger charge is 2.17. The van der Waals surface area contributed by atoms with Crippen LogP contribution in [0.1, 0.15) is 0 Å².